The third kappa shape index (κ3) is 3.37. The lowest BCUT2D eigenvalue weighted by Gasteiger charge is -2.54. The smallest absolute Gasteiger partial charge is 0.00308 e. The standard InChI is InChI=1S/C18H24S.CH5N/c1-14-8-15-10-17(2,13-19)12-18(9-14,11-15)16-6-4-3-5-7-16;1-2/h3-7,13-15H,8-12H2,1-2H3;2H2,1H3. The minimum atomic E-state index is 0.258. The maximum absolute atomic E-state index is 5.37. The monoisotopic (exact) mass is 303 g/mol. The Balaban J connectivity index is 0.000000774. The van der Waals surface area contributed by atoms with E-state index in [1.165, 1.54) is 39.2 Å². The molecule has 1 aromatic carbocycles. The molecule has 0 aliphatic heterocycles. The highest BCUT2D eigenvalue weighted by Gasteiger charge is 2.49. The van der Waals surface area contributed by atoms with Crippen LogP contribution < -0.4 is 5.73 Å². The van der Waals surface area contributed by atoms with Gasteiger partial charge in [0.2, 0.25) is 0 Å². The van der Waals surface area contributed by atoms with E-state index in [9.17, 15) is 0 Å². The summed E-state index contributed by atoms with van der Waals surface area (Å²) in [6.45, 7) is 4.81. The van der Waals surface area contributed by atoms with Gasteiger partial charge >= 0.3 is 0 Å². The summed E-state index contributed by atoms with van der Waals surface area (Å²) in [6.07, 6.45) is 6.66. The predicted molar refractivity (Wildman–Crippen MR) is 95.7 cm³/mol. The van der Waals surface area contributed by atoms with Crippen LogP contribution in [0.25, 0.3) is 0 Å². The minimum absolute atomic E-state index is 0.258. The van der Waals surface area contributed by atoms with Crippen LogP contribution in [0.4, 0.5) is 0 Å². The number of nitrogens with two attached hydrogens (primary N) is 1. The van der Waals surface area contributed by atoms with E-state index in [2.05, 4.69) is 55.3 Å². The molecule has 2 saturated carbocycles. The molecule has 0 radical (unpaired) electrons. The van der Waals surface area contributed by atoms with Gasteiger partial charge in [-0.1, -0.05) is 56.4 Å². The SMILES string of the molecule is CC1CC2CC(C)(C=S)CC(c3ccccc3)(C1)C2.CN. The van der Waals surface area contributed by atoms with E-state index in [1.54, 1.807) is 5.56 Å². The third-order valence-corrected chi connectivity index (χ3v) is 5.89. The van der Waals surface area contributed by atoms with Gasteiger partial charge in [-0.25, -0.2) is 0 Å². The van der Waals surface area contributed by atoms with Crippen molar-refractivity contribution in [3.8, 4) is 0 Å². The first-order valence-electron chi connectivity index (χ1n) is 8.15. The lowest BCUT2D eigenvalue weighted by molar-refractivity contribution is 0.0574. The van der Waals surface area contributed by atoms with E-state index in [0.29, 0.717) is 5.41 Å². The van der Waals surface area contributed by atoms with Gasteiger partial charge in [-0.3, -0.25) is 0 Å². The normalized spacial score (nSPS) is 38.1. The maximum atomic E-state index is 5.37. The molecule has 2 N–H and O–H groups in total. The number of rotatable bonds is 2. The van der Waals surface area contributed by atoms with Crippen LogP contribution in [0, 0.1) is 17.3 Å². The van der Waals surface area contributed by atoms with Crippen molar-refractivity contribution in [3.05, 3.63) is 35.9 Å². The van der Waals surface area contributed by atoms with Crippen molar-refractivity contribution in [2.75, 3.05) is 7.05 Å². The molecule has 1 aromatic rings. The minimum Gasteiger partial charge on any atom is -0.333 e. The fraction of sp³-hybridized carbons (Fsp3) is 0.632. The van der Waals surface area contributed by atoms with Gasteiger partial charge in [-0.2, -0.15) is 0 Å². The van der Waals surface area contributed by atoms with Gasteiger partial charge in [-0.05, 0) is 72.7 Å². The summed E-state index contributed by atoms with van der Waals surface area (Å²) < 4.78 is 0. The Hall–Kier alpha value is -0.730. The van der Waals surface area contributed by atoms with Crippen LogP contribution in [0.1, 0.15) is 51.5 Å². The summed E-state index contributed by atoms with van der Waals surface area (Å²) in [6, 6.07) is 11.2. The van der Waals surface area contributed by atoms with Gasteiger partial charge in [0.15, 0.2) is 0 Å². The number of hydrogen-bond acceptors (Lipinski definition) is 2. The van der Waals surface area contributed by atoms with Crippen LogP contribution in [-0.2, 0) is 5.41 Å². The third-order valence-electron chi connectivity index (χ3n) is 5.32. The maximum Gasteiger partial charge on any atom is -0.00308 e. The first-order valence-corrected chi connectivity index (χ1v) is 8.62. The van der Waals surface area contributed by atoms with Gasteiger partial charge in [0.1, 0.15) is 0 Å². The summed E-state index contributed by atoms with van der Waals surface area (Å²) in [5.41, 5.74) is 6.69. The number of thiocarbonyl (C=S) groups is 1. The number of fused-ring (bicyclic) bond motifs is 2. The molecule has 2 heteroatoms. The molecule has 0 heterocycles. The van der Waals surface area contributed by atoms with Crippen LogP contribution in [0.5, 0.6) is 0 Å². The second-order valence-electron chi connectivity index (χ2n) is 7.41. The van der Waals surface area contributed by atoms with Crippen molar-refractivity contribution in [3.63, 3.8) is 0 Å². The fourth-order valence-corrected chi connectivity index (χ4v) is 5.24. The summed E-state index contributed by atoms with van der Waals surface area (Å²) in [7, 11) is 1.50. The van der Waals surface area contributed by atoms with Gasteiger partial charge in [0.05, 0.1) is 0 Å². The molecule has 116 valence electrons. The second kappa shape index (κ2) is 6.58. The van der Waals surface area contributed by atoms with Gasteiger partial charge < -0.3 is 5.73 Å². The predicted octanol–water partition coefficient (Wildman–Crippen LogP) is 4.74. The van der Waals surface area contributed by atoms with Crippen LogP contribution >= 0.6 is 12.2 Å². The zero-order chi connectivity index (χ0) is 15.5. The molecule has 2 bridgehead atoms. The average Bonchev–Trinajstić information content (AvgIpc) is 2.49. The molecule has 2 aliphatic rings. The molecule has 4 atom stereocenters. The molecule has 0 aromatic heterocycles. The Morgan fingerprint density at radius 2 is 1.81 bits per heavy atom. The van der Waals surface area contributed by atoms with Crippen molar-refractivity contribution < 1.29 is 0 Å². The van der Waals surface area contributed by atoms with Gasteiger partial charge in [0.25, 0.3) is 0 Å². The van der Waals surface area contributed by atoms with Crippen molar-refractivity contribution in [2.45, 2.75) is 51.4 Å². The van der Waals surface area contributed by atoms with E-state index < -0.39 is 0 Å². The summed E-state index contributed by atoms with van der Waals surface area (Å²) in [5.74, 6) is 1.72. The number of hydrogen-bond donors (Lipinski definition) is 1. The van der Waals surface area contributed by atoms with Crippen molar-refractivity contribution in [1.82, 2.24) is 0 Å². The Morgan fingerprint density at radius 1 is 1.14 bits per heavy atom. The molecular formula is C19H29NS. The van der Waals surface area contributed by atoms with Crippen LogP contribution in [0.3, 0.4) is 0 Å². The highest BCUT2D eigenvalue weighted by Crippen LogP contribution is 2.57. The highest BCUT2D eigenvalue weighted by atomic mass is 32.1. The van der Waals surface area contributed by atoms with Crippen LogP contribution in [0.2, 0.25) is 0 Å². The molecule has 2 aliphatic carbocycles. The Kier molecular flexibility index (Phi) is 5.21. The van der Waals surface area contributed by atoms with E-state index >= 15 is 0 Å². The van der Waals surface area contributed by atoms with Crippen LogP contribution in [0.15, 0.2) is 30.3 Å². The lowest BCUT2D eigenvalue weighted by atomic mass is 9.51. The molecular weight excluding hydrogens is 274 g/mol. The Labute approximate surface area is 135 Å². The molecule has 21 heavy (non-hydrogen) atoms. The molecule has 0 saturated heterocycles. The molecule has 0 spiro atoms. The van der Waals surface area contributed by atoms with Crippen molar-refractivity contribution >= 4 is 17.6 Å². The first-order chi connectivity index (χ1) is 10.1. The summed E-state index contributed by atoms with van der Waals surface area (Å²) >= 11 is 5.37. The highest BCUT2D eigenvalue weighted by molar-refractivity contribution is 7.79. The van der Waals surface area contributed by atoms with E-state index in [4.69, 9.17) is 12.2 Å². The summed E-state index contributed by atoms with van der Waals surface area (Å²) in [5, 5.41) is 2.06. The molecule has 4 unspecified atom stereocenters. The van der Waals surface area contributed by atoms with Crippen molar-refractivity contribution in [2.24, 2.45) is 23.0 Å². The van der Waals surface area contributed by atoms with E-state index in [1.807, 2.05) is 0 Å². The fourth-order valence-electron chi connectivity index (χ4n) is 5.06. The van der Waals surface area contributed by atoms with Crippen molar-refractivity contribution in [1.29, 1.82) is 0 Å². The molecule has 2 fully saturated rings. The Morgan fingerprint density at radius 3 is 2.43 bits per heavy atom. The Bertz CT molecular complexity index is 468. The van der Waals surface area contributed by atoms with Gasteiger partial charge in [0, 0.05) is 0 Å². The second-order valence-corrected chi connectivity index (χ2v) is 7.65. The van der Waals surface area contributed by atoms with Gasteiger partial charge in [-0.15, -0.1) is 0 Å². The zero-order valence-corrected chi connectivity index (χ0v) is 14.5. The zero-order valence-electron chi connectivity index (χ0n) is 13.6. The van der Waals surface area contributed by atoms with Crippen LogP contribution in [-0.4, -0.2) is 12.4 Å². The molecule has 1 nitrogen and oxygen atoms in total. The average molecular weight is 304 g/mol. The van der Waals surface area contributed by atoms with E-state index in [-0.39, 0.29) is 5.41 Å². The van der Waals surface area contributed by atoms with E-state index in [0.717, 1.165) is 11.8 Å². The number of benzene rings is 1. The topological polar surface area (TPSA) is 26.0 Å². The molecule has 3 rings (SSSR count). The quantitative estimate of drug-likeness (QED) is 0.799. The lowest BCUT2D eigenvalue weighted by Crippen LogP contribution is -2.47. The first kappa shape index (κ1) is 16.6. The summed E-state index contributed by atoms with van der Waals surface area (Å²) in [4.78, 5) is 0. The molecule has 0 amide bonds. The largest absolute Gasteiger partial charge is 0.333 e.